The first-order valence-corrected chi connectivity index (χ1v) is 10.7. The number of para-hydroxylation sites is 1. The van der Waals surface area contributed by atoms with E-state index in [1.807, 2.05) is 6.07 Å². The molecule has 1 fully saturated rings. The van der Waals surface area contributed by atoms with Crippen LogP contribution >= 0.6 is 0 Å². The number of ether oxygens (including phenoxy) is 1. The van der Waals surface area contributed by atoms with Gasteiger partial charge in [0.25, 0.3) is 0 Å². The minimum absolute atomic E-state index is 0.238. The van der Waals surface area contributed by atoms with E-state index in [4.69, 9.17) is 0 Å². The van der Waals surface area contributed by atoms with Crippen molar-refractivity contribution in [3.05, 3.63) is 59.7 Å². The molecule has 0 spiro atoms. The number of halogens is 2. The highest BCUT2D eigenvalue weighted by molar-refractivity contribution is 7.89. The average molecular weight is 410 g/mol. The molecule has 1 N–H and O–H groups in total. The zero-order valence-corrected chi connectivity index (χ0v) is 16.5. The summed E-state index contributed by atoms with van der Waals surface area (Å²) in [6.45, 7) is 1.32. The second kappa shape index (κ2) is 8.98. The zero-order chi connectivity index (χ0) is 20.1. The van der Waals surface area contributed by atoms with Gasteiger partial charge in [-0.3, -0.25) is 4.90 Å². The van der Waals surface area contributed by atoms with Gasteiger partial charge in [0.15, 0.2) is 0 Å². The summed E-state index contributed by atoms with van der Waals surface area (Å²) >= 11 is 0. The molecule has 8 heteroatoms. The minimum atomic E-state index is -3.95. The fourth-order valence-corrected chi connectivity index (χ4v) is 4.87. The molecule has 2 aromatic rings. The molecular weight excluding hydrogens is 386 g/mol. The van der Waals surface area contributed by atoms with E-state index in [9.17, 15) is 17.2 Å². The second-order valence-electron chi connectivity index (χ2n) is 6.99. The van der Waals surface area contributed by atoms with Gasteiger partial charge < -0.3 is 4.74 Å². The van der Waals surface area contributed by atoms with Gasteiger partial charge in [-0.25, -0.2) is 13.1 Å². The molecule has 1 saturated heterocycles. The minimum Gasteiger partial charge on any atom is -0.433 e. The maximum Gasteiger partial charge on any atom is 0.387 e. The number of benzene rings is 2. The Morgan fingerprint density at radius 2 is 1.86 bits per heavy atom. The van der Waals surface area contributed by atoms with Gasteiger partial charge in [-0.05, 0) is 37.5 Å². The van der Waals surface area contributed by atoms with Crippen LogP contribution in [0, 0.1) is 6.92 Å². The largest absolute Gasteiger partial charge is 0.433 e. The van der Waals surface area contributed by atoms with Crippen LogP contribution in [0.15, 0.2) is 53.4 Å². The summed E-state index contributed by atoms with van der Waals surface area (Å²) in [6.07, 6.45) is 1.31. The van der Waals surface area contributed by atoms with Crippen molar-refractivity contribution >= 4 is 10.0 Å². The van der Waals surface area contributed by atoms with E-state index in [0.29, 0.717) is 12.8 Å². The van der Waals surface area contributed by atoms with Crippen molar-refractivity contribution in [2.75, 3.05) is 13.1 Å². The van der Waals surface area contributed by atoms with Crippen molar-refractivity contribution in [1.82, 2.24) is 9.62 Å². The van der Waals surface area contributed by atoms with Crippen LogP contribution in [-0.4, -0.2) is 39.1 Å². The highest BCUT2D eigenvalue weighted by Gasteiger charge is 2.27. The maximum atomic E-state index is 12.7. The molecule has 0 atom stereocenters. The van der Waals surface area contributed by atoms with Crippen LogP contribution in [-0.2, 0) is 16.6 Å². The molecule has 1 aliphatic rings. The number of alkyl halides is 2. The molecule has 152 valence electrons. The summed E-state index contributed by atoms with van der Waals surface area (Å²) in [4.78, 5) is 2.02. The number of nitrogens with one attached hydrogen (secondary N) is 1. The van der Waals surface area contributed by atoms with Crippen molar-refractivity contribution in [1.29, 1.82) is 0 Å². The van der Waals surface area contributed by atoms with E-state index in [0.717, 1.165) is 19.6 Å². The lowest BCUT2D eigenvalue weighted by molar-refractivity contribution is -0.0517. The van der Waals surface area contributed by atoms with Crippen LogP contribution in [0.2, 0.25) is 0 Å². The predicted molar refractivity (Wildman–Crippen MR) is 103 cm³/mol. The summed E-state index contributed by atoms with van der Waals surface area (Å²) in [5, 5.41) is 0. The third kappa shape index (κ3) is 5.50. The zero-order valence-electron chi connectivity index (χ0n) is 15.6. The number of hydrogen-bond donors (Lipinski definition) is 1. The van der Waals surface area contributed by atoms with Gasteiger partial charge in [-0.15, -0.1) is 0 Å². The highest BCUT2D eigenvalue weighted by Crippen LogP contribution is 2.26. The summed E-state index contributed by atoms with van der Waals surface area (Å²) in [5.74, 6) is -0.345. The third-order valence-corrected chi connectivity index (χ3v) is 6.31. The summed E-state index contributed by atoms with van der Waals surface area (Å²) in [6, 6.07) is 13.5. The summed E-state index contributed by atoms with van der Waals surface area (Å²) < 4.78 is 57.4. The Labute approximate surface area is 164 Å². The number of rotatable bonds is 7. The topological polar surface area (TPSA) is 58.6 Å². The molecule has 0 aliphatic carbocycles. The molecule has 1 heterocycles. The van der Waals surface area contributed by atoms with Gasteiger partial charge >= 0.3 is 6.61 Å². The van der Waals surface area contributed by atoms with Gasteiger partial charge in [0.05, 0.1) is 0 Å². The van der Waals surface area contributed by atoms with Crippen molar-refractivity contribution in [3.8, 4) is 5.75 Å². The van der Waals surface area contributed by atoms with Crippen LogP contribution in [0.4, 0.5) is 8.78 Å². The molecule has 2 aromatic carbocycles. The predicted octanol–water partition coefficient (Wildman–Crippen LogP) is 3.54. The highest BCUT2D eigenvalue weighted by atomic mass is 32.2. The molecule has 5 nitrogen and oxygen atoms in total. The van der Waals surface area contributed by atoms with E-state index in [-0.39, 0.29) is 16.7 Å². The Hall–Kier alpha value is -2.03. The Kier molecular flexibility index (Phi) is 6.64. The van der Waals surface area contributed by atoms with E-state index < -0.39 is 16.6 Å². The van der Waals surface area contributed by atoms with E-state index in [1.54, 1.807) is 0 Å². The number of likely N-dealkylation sites (tertiary alicyclic amines) is 1. The van der Waals surface area contributed by atoms with Crippen LogP contribution in [0.1, 0.15) is 24.0 Å². The van der Waals surface area contributed by atoms with Gasteiger partial charge in [0, 0.05) is 25.7 Å². The Balaban J connectivity index is 1.60. The molecule has 1 aliphatic heterocycles. The molecule has 0 bridgehead atoms. The maximum absolute atomic E-state index is 12.7. The lowest BCUT2D eigenvalue weighted by Gasteiger charge is -2.32. The normalized spacial score (nSPS) is 16.4. The molecule has 3 rings (SSSR count). The molecular formula is C20H24F2N2O3S. The lowest BCUT2D eigenvalue weighted by atomic mass is 10.0. The SMILES string of the molecule is Cc1cccc(CN2CCC(NS(=O)(=O)c3ccccc3OC(F)F)CC2)c1. The molecule has 28 heavy (non-hydrogen) atoms. The van der Waals surface area contributed by atoms with Crippen LogP contribution < -0.4 is 9.46 Å². The standard InChI is InChI=1S/C20H24F2N2O3S/c1-15-5-4-6-16(13-15)14-24-11-9-17(10-12-24)23-28(25,26)19-8-3-2-7-18(19)27-20(21)22/h2-8,13,17,20,23H,9-12,14H2,1H3. The van der Waals surface area contributed by atoms with Gasteiger partial charge in [-0.1, -0.05) is 42.0 Å². The van der Waals surface area contributed by atoms with Crippen LogP contribution in [0.5, 0.6) is 5.75 Å². The van der Waals surface area contributed by atoms with Crippen molar-refractivity contribution in [2.45, 2.75) is 43.9 Å². The van der Waals surface area contributed by atoms with Gasteiger partial charge in [-0.2, -0.15) is 8.78 Å². The number of nitrogens with zero attached hydrogens (tertiary/aromatic N) is 1. The Bertz CT molecular complexity index is 898. The molecule has 0 saturated carbocycles. The number of piperidine rings is 1. The van der Waals surface area contributed by atoms with Gasteiger partial charge in [0.2, 0.25) is 10.0 Å². The first kappa shape index (κ1) is 20.7. The van der Waals surface area contributed by atoms with E-state index >= 15 is 0 Å². The first-order valence-electron chi connectivity index (χ1n) is 9.17. The number of hydrogen-bond acceptors (Lipinski definition) is 4. The Morgan fingerprint density at radius 3 is 2.54 bits per heavy atom. The van der Waals surface area contributed by atoms with E-state index in [2.05, 4.69) is 39.5 Å². The molecule has 0 radical (unpaired) electrons. The van der Waals surface area contributed by atoms with Crippen molar-refractivity contribution < 1.29 is 21.9 Å². The Morgan fingerprint density at radius 1 is 1.14 bits per heavy atom. The van der Waals surface area contributed by atoms with Crippen LogP contribution in [0.3, 0.4) is 0 Å². The summed E-state index contributed by atoms with van der Waals surface area (Å²) in [5.41, 5.74) is 2.45. The molecule has 0 amide bonds. The fraction of sp³-hybridized carbons (Fsp3) is 0.400. The number of sulfonamides is 1. The average Bonchev–Trinajstić information content (AvgIpc) is 2.63. The fourth-order valence-electron chi connectivity index (χ4n) is 3.43. The lowest BCUT2D eigenvalue weighted by Crippen LogP contribution is -2.44. The first-order chi connectivity index (χ1) is 13.3. The number of aryl methyl sites for hydroxylation is 1. The van der Waals surface area contributed by atoms with Crippen molar-refractivity contribution in [3.63, 3.8) is 0 Å². The molecule has 0 unspecified atom stereocenters. The quantitative estimate of drug-likeness (QED) is 0.759. The molecule has 0 aromatic heterocycles. The van der Waals surface area contributed by atoms with Crippen molar-refractivity contribution in [2.24, 2.45) is 0 Å². The monoisotopic (exact) mass is 410 g/mol. The third-order valence-electron chi connectivity index (χ3n) is 4.75. The van der Waals surface area contributed by atoms with E-state index in [1.165, 1.54) is 35.4 Å². The second-order valence-corrected chi connectivity index (χ2v) is 8.67. The van der Waals surface area contributed by atoms with Crippen LogP contribution in [0.25, 0.3) is 0 Å². The summed E-state index contributed by atoms with van der Waals surface area (Å²) in [7, 11) is -3.95. The smallest absolute Gasteiger partial charge is 0.387 e. The van der Waals surface area contributed by atoms with Gasteiger partial charge in [0.1, 0.15) is 10.6 Å².